The highest BCUT2D eigenvalue weighted by molar-refractivity contribution is 5.93. The Morgan fingerprint density at radius 2 is 2.00 bits per heavy atom. The van der Waals surface area contributed by atoms with Crippen LogP contribution in [0.2, 0.25) is 0 Å². The lowest BCUT2D eigenvalue weighted by Crippen LogP contribution is -2.18. The summed E-state index contributed by atoms with van der Waals surface area (Å²) in [5.74, 6) is 1.12. The second kappa shape index (κ2) is 7.32. The van der Waals surface area contributed by atoms with Gasteiger partial charge in [0.15, 0.2) is 5.76 Å². The van der Waals surface area contributed by atoms with E-state index in [2.05, 4.69) is 25.4 Å². The van der Waals surface area contributed by atoms with Gasteiger partial charge >= 0.3 is 0 Å². The molecule has 11 nitrogen and oxygen atoms in total. The number of hydrogen-bond acceptors (Lipinski definition) is 9. The second-order valence-electron chi connectivity index (χ2n) is 5.84. The molecule has 142 valence electrons. The molecule has 0 aliphatic heterocycles. The summed E-state index contributed by atoms with van der Waals surface area (Å²) in [6.07, 6.45) is 2.20. The van der Waals surface area contributed by atoms with Crippen molar-refractivity contribution >= 4 is 23.6 Å². The molecule has 3 aromatic heterocycles. The number of anilines is 2. The van der Waals surface area contributed by atoms with Gasteiger partial charge in [0.25, 0.3) is 11.7 Å². The molecule has 0 aliphatic carbocycles. The second-order valence-corrected chi connectivity index (χ2v) is 5.84. The molecule has 4 aromatic rings. The summed E-state index contributed by atoms with van der Waals surface area (Å²) in [6, 6.07) is 10.4. The van der Waals surface area contributed by atoms with Gasteiger partial charge in [0.1, 0.15) is 0 Å². The molecule has 11 heteroatoms. The first-order valence-corrected chi connectivity index (χ1v) is 8.35. The van der Waals surface area contributed by atoms with E-state index in [1.807, 2.05) is 0 Å². The van der Waals surface area contributed by atoms with Crippen LogP contribution in [0.3, 0.4) is 0 Å². The molecule has 5 N–H and O–H groups in total. The van der Waals surface area contributed by atoms with E-state index in [1.165, 1.54) is 10.8 Å². The third kappa shape index (κ3) is 3.46. The Bertz CT molecular complexity index is 1110. The number of nitrogens with two attached hydrogens (primary N) is 1. The molecule has 0 unspecified atom stereocenters. The van der Waals surface area contributed by atoms with Gasteiger partial charge in [-0.2, -0.15) is 19.5 Å². The normalized spacial score (nSPS) is 10.9. The smallest absolute Gasteiger partial charge is 0.274 e. The molecular weight excluding hydrogens is 364 g/mol. The van der Waals surface area contributed by atoms with Gasteiger partial charge in [-0.1, -0.05) is 12.1 Å². The third-order valence-corrected chi connectivity index (χ3v) is 3.99. The van der Waals surface area contributed by atoms with Crippen molar-refractivity contribution in [2.24, 2.45) is 0 Å². The molecule has 0 radical (unpaired) electrons. The molecule has 0 saturated carbocycles. The Kier molecular flexibility index (Phi) is 4.56. The van der Waals surface area contributed by atoms with Crippen LogP contribution < -0.4 is 16.5 Å². The average molecular weight is 380 g/mol. The van der Waals surface area contributed by atoms with E-state index in [0.717, 1.165) is 5.56 Å². The van der Waals surface area contributed by atoms with E-state index >= 15 is 0 Å². The first kappa shape index (κ1) is 17.4. The fourth-order valence-corrected chi connectivity index (χ4v) is 2.60. The van der Waals surface area contributed by atoms with Crippen LogP contribution in [0.5, 0.6) is 0 Å². The Labute approximate surface area is 158 Å². The standard InChI is InChI=1S/C17H16N8O3/c18-15-21-16(19-8-7-10-3-5-11(6-4-10)14(26)24-27)22-17-20-13(23-25(15)17)12-2-1-9-28-12/h1-6,9,27H,7-8H2,(H,24,26)(H3,18,19,20,21,22,23). The predicted octanol–water partition coefficient (Wildman–Crippen LogP) is 1.14. The lowest BCUT2D eigenvalue weighted by atomic mass is 10.1. The molecule has 4 rings (SSSR count). The molecule has 0 spiro atoms. The van der Waals surface area contributed by atoms with Gasteiger partial charge in [0.05, 0.1) is 6.26 Å². The van der Waals surface area contributed by atoms with Gasteiger partial charge in [0, 0.05) is 12.1 Å². The zero-order valence-corrected chi connectivity index (χ0v) is 14.5. The minimum Gasteiger partial charge on any atom is -0.461 e. The van der Waals surface area contributed by atoms with Crippen LogP contribution in [0.4, 0.5) is 11.9 Å². The number of carbonyl (C=O) groups excluding carboxylic acids is 1. The van der Waals surface area contributed by atoms with Crippen LogP contribution in [-0.2, 0) is 6.42 Å². The third-order valence-electron chi connectivity index (χ3n) is 3.99. The lowest BCUT2D eigenvalue weighted by molar-refractivity contribution is 0.0706. The summed E-state index contributed by atoms with van der Waals surface area (Å²) in [4.78, 5) is 24.1. The molecule has 0 aliphatic rings. The predicted molar refractivity (Wildman–Crippen MR) is 98.6 cm³/mol. The van der Waals surface area contributed by atoms with Gasteiger partial charge in [0.2, 0.25) is 17.7 Å². The van der Waals surface area contributed by atoms with E-state index in [-0.39, 0.29) is 5.95 Å². The monoisotopic (exact) mass is 380 g/mol. The maximum Gasteiger partial charge on any atom is 0.274 e. The van der Waals surface area contributed by atoms with Gasteiger partial charge in [-0.3, -0.25) is 10.0 Å². The molecule has 1 aromatic carbocycles. The number of nitrogens with zero attached hydrogens (tertiary/aromatic N) is 5. The molecule has 0 atom stereocenters. The van der Waals surface area contributed by atoms with E-state index in [9.17, 15) is 4.79 Å². The van der Waals surface area contributed by atoms with Crippen LogP contribution in [0, 0.1) is 0 Å². The zero-order chi connectivity index (χ0) is 19.5. The van der Waals surface area contributed by atoms with Gasteiger partial charge in [-0.25, -0.2) is 5.48 Å². The largest absolute Gasteiger partial charge is 0.461 e. The maximum atomic E-state index is 11.3. The summed E-state index contributed by atoms with van der Waals surface area (Å²) in [5, 5.41) is 16.0. The van der Waals surface area contributed by atoms with Gasteiger partial charge < -0.3 is 15.5 Å². The van der Waals surface area contributed by atoms with Crippen LogP contribution in [-0.4, -0.2) is 42.2 Å². The van der Waals surface area contributed by atoms with E-state index in [1.54, 1.807) is 41.9 Å². The van der Waals surface area contributed by atoms with Crippen molar-refractivity contribution in [2.45, 2.75) is 6.42 Å². The highest BCUT2D eigenvalue weighted by atomic mass is 16.5. The Morgan fingerprint density at radius 3 is 2.71 bits per heavy atom. The number of nitrogens with one attached hydrogen (secondary N) is 2. The summed E-state index contributed by atoms with van der Waals surface area (Å²) in [6.45, 7) is 0.542. The fraction of sp³-hybridized carbons (Fsp3) is 0.118. The summed E-state index contributed by atoms with van der Waals surface area (Å²) >= 11 is 0. The fourth-order valence-electron chi connectivity index (χ4n) is 2.60. The number of aromatic nitrogens is 5. The van der Waals surface area contributed by atoms with Crippen molar-refractivity contribution in [1.29, 1.82) is 0 Å². The minimum absolute atomic E-state index is 0.150. The molecule has 1 amide bonds. The average Bonchev–Trinajstić information content (AvgIpc) is 3.38. The number of furan rings is 1. The molecule has 0 bridgehead atoms. The lowest BCUT2D eigenvalue weighted by Gasteiger charge is -2.06. The van der Waals surface area contributed by atoms with E-state index in [0.29, 0.717) is 41.8 Å². The topological polar surface area (TPSA) is 156 Å². The number of fused-ring (bicyclic) bond motifs is 1. The van der Waals surface area contributed by atoms with Crippen LogP contribution in [0.1, 0.15) is 15.9 Å². The molecular formula is C17H16N8O3. The number of rotatable bonds is 6. The minimum atomic E-state index is -0.552. The number of hydroxylamine groups is 1. The van der Waals surface area contributed by atoms with Gasteiger partial charge in [-0.05, 0) is 36.2 Å². The van der Waals surface area contributed by atoms with E-state index < -0.39 is 5.91 Å². The summed E-state index contributed by atoms with van der Waals surface area (Å²) in [5.41, 5.74) is 8.92. The highest BCUT2D eigenvalue weighted by Crippen LogP contribution is 2.17. The van der Waals surface area contributed by atoms with Crippen LogP contribution in [0.25, 0.3) is 17.4 Å². The van der Waals surface area contributed by atoms with Crippen LogP contribution in [0.15, 0.2) is 47.1 Å². The van der Waals surface area contributed by atoms with Crippen molar-refractivity contribution < 1.29 is 14.4 Å². The van der Waals surface area contributed by atoms with Crippen molar-refractivity contribution in [3.8, 4) is 11.6 Å². The number of hydrogen-bond donors (Lipinski definition) is 4. The van der Waals surface area contributed by atoms with E-state index in [4.69, 9.17) is 15.4 Å². The molecule has 28 heavy (non-hydrogen) atoms. The first-order valence-electron chi connectivity index (χ1n) is 8.35. The first-order chi connectivity index (χ1) is 13.6. The zero-order valence-electron chi connectivity index (χ0n) is 14.5. The van der Waals surface area contributed by atoms with Gasteiger partial charge in [-0.15, -0.1) is 5.10 Å². The maximum absolute atomic E-state index is 11.3. The molecule has 0 saturated heterocycles. The Balaban J connectivity index is 1.44. The van der Waals surface area contributed by atoms with Crippen LogP contribution >= 0.6 is 0 Å². The molecule has 0 fully saturated rings. The highest BCUT2D eigenvalue weighted by Gasteiger charge is 2.13. The Hall–Kier alpha value is -3.99. The van der Waals surface area contributed by atoms with Crippen molar-refractivity contribution in [2.75, 3.05) is 17.6 Å². The van der Waals surface area contributed by atoms with Crippen molar-refractivity contribution in [1.82, 2.24) is 30.0 Å². The number of carbonyl (C=O) groups is 1. The van der Waals surface area contributed by atoms with Crippen molar-refractivity contribution in [3.63, 3.8) is 0 Å². The SMILES string of the molecule is Nc1nc(NCCc2ccc(C(=O)NO)cc2)nc2nc(-c3ccco3)nn12. The number of amides is 1. The summed E-state index contributed by atoms with van der Waals surface area (Å²) in [7, 11) is 0. The number of nitrogen functional groups attached to an aromatic ring is 1. The number of benzene rings is 1. The quantitative estimate of drug-likeness (QED) is 0.284. The summed E-state index contributed by atoms with van der Waals surface area (Å²) < 4.78 is 6.62. The van der Waals surface area contributed by atoms with Crippen molar-refractivity contribution in [3.05, 3.63) is 53.8 Å². The Morgan fingerprint density at radius 1 is 1.18 bits per heavy atom. The molecule has 3 heterocycles.